The minimum absolute atomic E-state index is 0.713. The van der Waals surface area contributed by atoms with Gasteiger partial charge in [0.05, 0.1) is 33.6 Å². The van der Waals surface area contributed by atoms with Crippen LogP contribution in [0.2, 0.25) is 0 Å². The lowest BCUT2D eigenvalue weighted by atomic mass is 9.92. The van der Waals surface area contributed by atoms with Crippen LogP contribution in [0.5, 0.6) is 0 Å². The molecular weight excluding hydrogens is 633 g/mol. The summed E-state index contributed by atoms with van der Waals surface area (Å²) in [6.07, 6.45) is 0. The average Bonchev–Trinajstić information content (AvgIpc) is 3.23. The van der Waals surface area contributed by atoms with Crippen LogP contribution in [0.1, 0.15) is 0 Å². The first-order valence-electron chi connectivity index (χ1n) is 17.5. The first kappa shape index (κ1) is 29.8. The van der Waals surface area contributed by atoms with Gasteiger partial charge in [-0.3, -0.25) is 0 Å². The van der Waals surface area contributed by atoms with Crippen LogP contribution < -0.4 is 0 Å². The van der Waals surface area contributed by atoms with Crippen molar-refractivity contribution < 1.29 is 0 Å². The predicted molar refractivity (Wildman–Crippen MR) is 215 cm³/mol. The molecule has 0 amide bonds. The molecule has 0 aliphatic rings. The van der Waals surface area contributed by atoms with Crippen LogP contribution in [0.25, 0.3) is 99.8 Å². The van der Waals surface area contributed by atoms with Gasteiger partial charge in [0, 0.05) is 38.4 Å². The lowest BCUT2D eigenvalue weighted by molar-refractivity contribution is 1.23. The molecule has 0 N–H and O–H groups in total. The summed E-state index contributed by atoms with van der Waals surface area (Å²) < 4.78 is 0. The SMILES string of the molecule is c1ccc(-c2ccc3ccc4ccc(-c5ccc(-c6ccc7c(-c8ccccc8)nc(-c8ccccc8)nc7c6)c6ccccc56)nc4c3n2)cc1. The summed E-state index contributed by atoms with van der Waals surface area (Å²) >= 11 is 0. The van der Waals surface area contributed by atoms with Crippen LogP contribution in [0.15, 0.2) is 182 Å². The van der Waals surface area contributed by atoms with E-state index in [2.05, 4.69) is 140 Å². The van der Waals surface area contributed by atoms with Gasteiger partial charge < -0.3 is 0 Å². The lowest BCUT2D eigenvalue weighted by Crippen LogP contribution is -1.96. The Kier molecular flexibility index (Phi) is 7.10. The predicted octanol–water partition coefficient (Wildman–Crippen LogP) is 12.2. The third-order valence-corrected chi connectivity index (χ3v) is 9.88. The summed E-state index contributed by atoms with van der Waals surface area (Å²) in [6.45, 7) is 0. The van der Waals surface area contributed by atoms with Crippen molar-refractivity contribution in [3.63, 3.8) is 0 Å². The molecule has 4 heteroatoms. The number of aromatic nitrogens is 4. The molecule has 0 fully saturated rings. The Bertz CT molecular complexity index is 2940. The third-order valence-electron chi connectivity index (χ3n) is 9.88. The standard InChI is InChI=1S/C48H30N4/c1-4-12-31(13-5-1)42-28-23-33-20-21-34-24-29-43(50-47(34)46(33)49-42)40-27-26-37(38-18-10-11-19-39(38)40)36-22-25-41-44(30-36)51-48(35-16-8-3-9-17-35)52-45(41)32-14-6-2-7-15-32/h1-30H. The highest BCUT2D eigenvalue weighted by atomic mass is 14.9. The molecule has 4 nitrogen and oxygen atoms in total. The fourth-order valence-corrected chi connectivity index (χ4v) is 7.29. The molecule has 10 rings (SSSR count). The van der Waals surface area contributed by atoms with Gasteiger partial charge >= 0.3 is 0 Å². The van der Waals surface area contributed by atoms with E-state index in [-0.39, 0.29) is 0 Å². The molecule has 0 bridgehead atoms. The van der Waals surface area contributed by atoms with Gasteiger partial charge in [-0.2, -0.15) is 0 Å². The van der Waals surface area contributed by atoms with Crippen LogP contribution in [0.4, 0.5) is 0 Å². The van der Waals surface area contributed by atoms with Gasteiger partial charge in [0.1, 0.15) is 0 Å². The Labute approximate surface area is 300 Å². The van der Waals surface area contributed by atoms with E-state index < -0.39 is 0 Å². The van der Waals surface area contributed by atoms with Crippen molar-refractivity contribution in [3.05, 3.63) is 182 Å². The van der Waals surface area contributed by atoms with Gasteiger partial charge in [0.2, 0.25) is 0 Å². The Morgan fingerprint density at radius 2 is 0.846 bits per heavy atom. The molecule has 0 aliphatic carbocycles. The van der Waals surface area contributed by atoms with Gasteiger partial charge in [0.15, 0.2) is 5.82 Å². The van der Waals surface area contributed by atoms with Crippen LogP contribution in [-0.2, 0) is 0 Å². The maximum absolute atomic E-state index is 5.30. The van der Waals surface area contributed by atoms with E-state index in [0.29, 0.717) is 5.82 Å². The first-order chi connectivity index (χ1) is 25.8. The van der Waals surface area contributed by atoms with Gasteiger partial charge in [-0.05, 0) is 46.2 Å². The Balaban J connectivity index is 1.12. The Hall–Kier alpha value is -7.04. The highest BCUT2D eigenvalue weighted by molar-refractivity contribution is 6.08. The van der Waals surface area contributed by atoms with E-state index in [0.717, 1.165) is 93.9 Å². The van der Waals surface area contributed by atoms with Crippen LogP contribution >= 0.6 is 0 Å². The molecular formula is C48H30N4. The van der Waals surface area contributed by atoms with Crippen molar-refractivity contribution >= 4 is 43.5 Å². The second-order valence-corrected chi connectivity index (χ2v) is 13.0. The molecule has 0 radical (unpaired) electrons. The zero-order chi connectivity index (χ0) is 34.4. The summed E-state index contributed by atoms with van der Waals surface area (Å²) in [6, 6.07) is 63.2. The number of benzene rings is 7. The molecule has 3 aromatic heterocycles. The van der Waals surface area contributed by atoms with Crippen LogP contribution in [-0.4, -0.2) is 19.9 Å². The van der Waals surface area contributed by atoms with Crippen molar-refractivity contribution in [2.75, 3.05) is 0 Å². The molecule has 0 spiro atoms. The molecule has 0 unspecified atom stereocenters. The normalized spacial score (nSPS) is 11.5. The van der Waals surface area contributed by atoms with Crippen molar-refractivity contribution in [2.24, 2.45) is 0 Å². The molecule has 10 aromatic rings. The molecule has 3 heterocycles. The highest BCUT2D eigenvalue weighted by Crippen LogP contribution is 2.38. The van der Waals surface area contributed by atoms with E-state index in [1.54, 1.807) is 0 Å². The van der Waals surface area contributed by atoms with Gasteiger partial charge in [0.25, 0.3) is 0 Å². The monoisotopic (exact) mass is 662 g/mol. The Morgan fingerprint density at radius 3 is 1.54 bits per heavy atom. The van der Waals surface area contributed by atoms with Gasteiger partial charge in [-0.15, -0.1) is 0 Å². The smallest absolute Gasteiger partial charge is 0.160 e. The zero-order valence-electron chi connectivity index (χ0n) is 28.1. The number of nitrogens with zero attached hydrogens (tertiary/aromatic N) is 4. The molecule has 7 aromatic carbocycles. The van der Waals surface area contributed by atoms with Crippen LogP contribution in [0.3, 0.4) is 0 Å². The number of hydrogen-bond acceptors (Lipinski definition) is 4. The van der Waals surface area contributed by atoms with Crippen LogP contribution in [0, 0.1) is 0 Å². The summed E-state index contributed by atoms with van der Waals surface area (Å²) in [5.41, 5.74) is 12.0. The maximum atomic E-state index is 5.30. The Morgan fingerprint density at radius 1 is 0.308 bits per heavy atom. The van der Waals surface area contributed by atoms with E-state index in [4.69, 9.17) is 19.9 Å². The minimum Gasteiger partial charge on any atom is -0.245 e. The van der Waals surface area contributed by atoms with E-state index in [9.17, 15) is 0 Å². The van der Waals surface area contributed by atoms with Crippen molar-refractivity contribution in [1.29, 1.82) is 0 Å². The number of pyridine rings is 2. The van der Waals surface area contributed by atoms with E-state index in [1.165, 1.54) is 0 Å². The summed E-state index contributed by atoms with van der Waals surface area (Å²) in [5.74, 6) is 0.713. The van der Waals surface area contributed by atoms with Crippen molar-refractivity contribution in [1.82, 2.24) is 19.9 Å². The maximum Gasteiger partial charge on any atom is 0.160 e. The summed E-state index contributed by atoms with van der Waals surface area (Å²) in [7, 11) is 0. The van der Waals surface area contributed by atoms with Crippen molar-refractivity contribution in [3.8, 4) is 56.3 Å². The molecule has 0 aliphatic heterocycles. The summed E-state index contributed by atoms with van der Waals surface area (Å²) in [5, 5.41) is 5.46. The topological polar surface area (TPSA) is 51.6 Å². The number of fused-ring (bicyclic) bond motifs is 5. The van der Waals surface area contributed by atoms with Crippen molar-refractivity contribution in [2.45, 2.75) is 0 Å². The molecule has 0 atom stereocenters. The average molecular weight is 663 g/mol. The van der Waals surface area contributed by atoms with E-state index in [1.807, 2.05) is 42.5 Å². The second kappa shape index (κ2) is 12.4. The largest absolute Gasteiger partial charge is 0.245 e. The number of hydrogen-bond donors (Lipinski definition) is 0. The highest BCUT2D eigenvalue weighted by Gasteiger charge is 2.16. The summed E-state index contributed by atoms with van der Waals surface area (Å²) in [4.78, 5) is 20.6. The number of rotatable bonds is 5. The zero-order valence-corrected chi connectivity index (χ0v) is 28.1. The fraction of sp³-hybridized carbons (Fsp3) is 0. The minimum atomic E-state index is 0.713. The first-order valence-corrected chi connectivity index (χ1v) is 17.5. The van der Waals surface area contributed by atoms with Gasteiger partial charge in [-0.25, -0.2) is 19.9 Å². The quantitative estimate of drug-likeness (QED) is 0.172. The second-order valence-electron chi connectivity index (χ2n) is 13.0. The fourth-order valence-electron chi connectivity index (χ4n) is 7.29. The molecule has 242 valence electrons. The molecule has 0 saturated carbocycles. The molecule has 52 heavy (non-hydrogen) atoms. The van der Waals surface area contributed by atoms with E-state index >= 15 is 0 Å². The molecule has 0 saturated heterocycles. The van der Waals surface area contributed by atoms with Gasteiger partial charge in [-0.1, -0.05) is 158 Å². The third kappa shape index (κ3) is 5.17. The lowest BCUT2D eigenvalue weighted by Gasteiger charge is -2.14.